The summed E-state index contributed by atoms with van der Waals surface area (Å²) in [6.07, 6.45) is 7.14. The van der Waals surface area contributed by atoms with Crippen molar-refractivity contribution in [3.8, 4) is 0 Å². The van der Waals surface area contributed by atoms with E-state index in [1.54, 1.807) is 6.07 Å². The SMILES string of the molecule is C=C1CC=CC=C1c1c(C(=C)C)n(Cc2cc(CN)ccc2F)c2ccc(C)cc12. The predicted octanol–water partition coefficient (Wildman–Crippen LogP) is 6.53. The molecule has 0 fully saturated rings. The molecular weight excluding hydrogens is 371 g/mol. The third-order valence-corrected chi connectivity index (χ3v) is 5.71. The second-order valence-corrected chi connectivity index (χ2v) is 8.06. The van der Waals surface area contributed by atoms with E-state index in [9.17, 15) is 4.39 Å². The van der Waals surface area contributed by atoms with E-state index in [-0.39, 0.29) is 5.82 Å². The van der Waals surface area contributed by atoms with Gasteiger partial charge in [-0.3, -0.25) is 0 Å². The van der Waals surface area contributed by atoms with Crippen molar-refractivity contribution >= 4 is 22.0 Å². The molecule has 3 heteroatoms. The molecule has 3 aromatic rings. The Balaban J connectivity index is 2.02. The van der Waals surface area contributed by atoms with Gasteiger partial charge in [-0.15, -0.1) is 0 Å². The van der Waals surface area contributed by atoms with Crippen molar-refractivity contribution < 1.29 is 4.39 Å². The van der Waals surface area contributed by atoms with Crippen molar-refractivity contribution in [2.24, 2.45) is 5.73 Å². The van der Waals surface area contributed by atoms with Crippen LogP contribution in [0, 0.1) is 12.7 Å². The molecule has 2 nitrogen and oxygen atoms in total. The predicted molar refractivity (Wildman–Crippen MR) is 126 cm³/mol. The molecule has 0 saturated carbocycles. The van der Waals surface area contributed by atoms with Crippen molar-refractivity contribution in [2.75, 3.05) is 0 Å². The van der Waals surface area contributed by atoms with Crippen LogP contribution in [0.2, 0.25) is 0 Å². The highest BCUT2D eigenvalue weighted by molar-refractivity contribution is 6.02. The fourth-order valence-electron chi connectivity index (χ4n) is 4.26. The van der Waals surface area contributed by atoms with E-state index < -0.39 is 0 Å². The fourth-order valence-corrected chi connectivity index (χ4v) is 4.26. The summed E-state index contributed by atoms with van der Waals surface area (Å²) in [6, 6.07) is 11.5. The Morgan fingerprint density at radius 1 is 1.20 bits per heavy atom. The lowest BCUT2D eigenvalue weighted by molar-refractivity contribution is 0.600. The van der Waals surface area contributed by atoms with Gasteiger partial charge in [0.25, 0.3) is 0 Å². The van der Waals surface area contributed by atoms with Gasteiger partial charge in [-0.25, -0.2) is 4.39 Å². The van der Waals surface area contributed by atoms with Gasteiger partial charge in [0.2, 0.25) is 0 Å². The summed E-state index contributed by atoms with van der Waals surface area (Å²) in [5, 5.41) is 1.14. The largest absolute Gasteiger partial charge is 0.336 e. The molecule has 1 aliphatic carbocycles. The number of aryl methyl sites for hydroxylation is 1. The van der Waals surface area contributed by atoms with E-state index in [4.69, 9.17) is 5.73 Å². The molecule has 0 spiro atoms. The van der Waals surface area contributed by atoms with Crippen molar-refractivity contribution in [1.82, 2.24) is 4.57 Å². The van der Waals surface area contributed by atoms with Crippen LogP contribution in [0.15, 0.2) is 73.4 Å². The number of hydrogen-bond acceptors (Lipinski definition) is 1. The number of allylic oxidation sites excluding steroid dienone is 6. The minimum atomic E-state index is -0.223. The lowest BCUT2D eigenvalue weighted by Gasteiger charge is -2.17. The number of aromatic nitrogens is 1. The minimum Gasteiger partial charge on any atom is -0.336 e. The van der Waals surface area contributed by atoms with Gasteiger partial charge in [0.1, 0.15) is 5.82 Å². The molecule has 1 heterocycles. The Hall–Kier alpha value is -3.17. The van der Waals surface area contributed by atoms with Gasteiger partial charge in [0.05, 0.1) is 12.2 Å². The molecule has 30 heavy (non-hydrogen) atoms. The van der Waals surface area contributed by atoms with Crippen LogP contribution < -0.4 is 5.73 Å². The molecule has 4 rings (SSSR count). The van der Waals surface area contributed by atoms with Crippen molar-refractivity contribution in [3.05, 3.63) is 107 Å². The highest BCUT2D eigenvalue weighted by Crippen LogP contribution is 2.40. The van der Waals surface area contributed by atoms with E-state index in [1.807, 2.05) is 13.0 Å². The zero-order valence-electron chi connectivity index (χ0n) is 17.6. The summed E-state index contributed by atoms with van der Waals surface area (Å²) in [4.78, 5) is 0. The van der Waals surface area contributed by atoms with E-state index >= 15 is 0 Å². The van der Waals surface area contributed by atoms with Crippen LogP contribution in [0.5, 0.6) is 0 Å². The van der Waals surface area contributed by atoms with Gasteiger partial charge < -0.3 is 10.3 Å². The number of hydrogen-bond donors (Lipinski definition) is 1. The average Bonchev–Trinajstić information content (AvgIpc) is 3.03. The summed E-state index contributed by atoms with van der Waals surface area (Å²) >= 11 is 0. The van der Waals surface area contributed by atoms with Gasteiger partial charge in [0, 0.05) is 28.6 Å². The summed E-state index contributed by atoms with van der Waals surface area (Å²) in [5.41, 5.74) is 14.9. The maximum absolute atomic E-state index is 14.7. The van der Waals surface area contributed by atoms with Crippen LogP contribution >= 0.6 is 0 Å². The third-order valence-electron chi connectivity index (χ3n) is 5.71. The molecule has 1 aromatic heterocycles. The lowest BCUT2D eigenvalue weighted by Crippen LogP contribution is -2.08. The number of nitrogens with two attached hydrogens (primary N) is 1. The molecule has 0 atom stereocenters. The number of halogens is 1. The topological polar surface area (TPSA) is 30.9 Å². The van der Waals surface area contributed by atoms with Crippen LogP contribution in [0.4, 0.5) is 4.39 Å². The van der Waals surface area contributed by atoms with Crippen LogP contribution in [0.3, 0.4) is 0 Å². The normalized spacial score (nSPS) is 13.7. The summed E-state index contributed by atoms with van der Waals surface area (Å²) in [6.45, 7) is 13.5. The Labute approximate surface area is 177 Å². The highest BCUT2D eigenvalue weighted by Gasteiger charge is 2.23. The second kappa shape index (κ2) is 7.92. The van der Waals surface area contributed by atoms with E-state index in [0.717, 1.165) is 50.9 Å². The first-order valence-corrected chi connectivity index (χ1v) is 10.2. The Morgan fingerprint density at radius 3 is 2.70 bits per heavy atom. The second-order valence-electron chi connectivity index (χ2n) is 8.06. The number of benzene rings is 2. The summed E-state index contributed by atoms with van der Waals surface area (Å²) in [7, 11) is 0. The van der Waals surface area contributed by atoms with Crippen molar-refractivity contribution in [3.63, 3.8) is 0 Å². The number of nitrogens with zero attached hydrogens (tertiary/aromatic N) is 1. The standard InChI is InChI=1S/C27H27FN2/c1-17(2)27-26(22-8-6-5-7-19(22)4)23-13-18(3)9-12-25(23)30(27)16-21-14-20(15-29)10-11-24(21)28/h5-6,8-14H,1,4,7,15-16,29H2,2-3H3. The Morgan fingerprint density at radius 2 is 2.00 bits per heavy atom. The molecule has 0 saturated heterocycles. The molecular formula is C27H27FN2. The Kier molecular flexibility index (Phi) is 5.31. The lowest BCUT2D eigenvalue weighted by atomic mass is 9.89. The molecule has 0 aliphatic heterocycles. The maximum atomic E-state index is 14.7. The van der Waals surface area contributed by atoms with Gasteiger partial charge in [0.15, 0.2) is 0 Å². The zero-order chi connectivity index (χ0) is 21.4. The van der Waals surface area contributed by atoms with Gasteiger partial charge >= 0.3 is 0 Å². The smallest absolute Gasteiger partial charge is 0.128 e. The average molecular weight is 399 g/mol. The van der Waals surface area contributed by atoms with Crippen molar-refractivity contribution in [2.45, 2.75) is 33.4 Å². The Bertz CT molecular complexity index is 1240. The fraction of sp³-hybridized carbons (Fsp3) is 0.185. The highest BCUT2D eigenvalue weighted by atomic mass is 19.1. The molecule has 152 valence electrons. The maximum Gasteiger partial charge on any atom is 0.128 e. The minimum absolute atomic E-state index is 0.223. The molecule has 0 bridgehead atoms. The van der Waals surface area contributed by atoms with Gasteiger partial charge in [-0.05, 0) is 66.8 Å². The molecule has 0 amide bonds. The third kappa shape index (κ3) is 3.46. The summed E-state index contributed by atoms with van der Waals surface area (Å²) in [5.74, 6) is -0.223. The van der Waals surface area contributed by atoms with Crippen LogP contribution in [0.1, 0.15) is 41.3 Å². The van der Waals surface area contributed by atoms with E-state index in [1.165, 1.54) is 11.6 Å². The summed E-state index contributed by atoms with van der Waals surface area (Å²) < 4.78 is 16.9. The van der Waals surface area contributed by atoms with E-state index in [2.05, 4.69) is 61.1 Å². The van der Waals surface area contributed by atoms with Crippen molar-refractivity contribution in [1.29, 1.82) is 0 Å². The van der Waals surface area contributed by atoms with Crippen LogP contribution in [-0.2, 0) is 13.1 Å². The van der Waals surface area contributed by atoms with Crippen LogP contribution in [0.25, 0.3) is 22.0 Å². The van der Waals surface area contributed by atoms with Crippen LogP contribution in [-0.4, -0.2) is 4.57 Å². The molecule has 2 aromatic carbocycles. The van der Waals surface area contributed by atoms with E-state index in [0.29, 0.717) is 18.7 Å². The quantitative estimate of drug-likeness (QED) is 0.520. The first kappa shape index (κ1) is 20.1. The molecule has 2 N–H and O–H groups in total. The van der Waals surface area contributed by atoms with Gasteiger partial charge in [-0.1, -0.05) is 49.1 Å². The zero-order valence-corrected chi connectivity index (χ0v) is 17.6. The first-order chi connectivity index (χ1) is 14.4. The first-order valence-electron chi connectivity index (χ1n) is 10.2. The van der Waals surface area contributed by atoms with Gasteiger partial charge in [-0.2, -0.15) is 0 Å². The molecule has 0 radical (unpaired) electrons. The molecule has 0 unspecified atom stereocenters. The molecule has 1 aliphatic rings. The monoisotopic (exact) mass is 398 g/mol. The number of rotatable bonds is 5. The number of fused-ring (bicyclic) bond motifs is 1.